The van der Waals surface area contributed by atoms with Crippen molar-refractivity contribution >= 4 is 23.9 Å². The highest BCUT2D eigenvalue weighted by atomic mass is 16.5. The van der Waals surface area contributed by atoms with Crippen LogP contribution in [0.1, 0.15) is 59.7 Å². The lowest BCUT2D eigenvalue weighted by molar-refractivity contribution is -0.131. The summed E-state index contributed by atoms with van der Waals surface area (Å²) in [6.45, 7) is 2.51. The van der Waals surface area contributed by atoms with Gasteiger partial charge < -0.3 is 18.9 Å². The summed E-state index contributed by atoms with van der Waals surface area (Å²) in [5, 5.41) is 0. The number of hydrogen-bond donors (Lipinski definition) is 0. The Morgan fingerprint density at radius 3 is 1.62 bits per heavy atom. The second-order valence-corrected chi connectivity index (χ2v) is 7.27. The van der Waals surface area contributed by atoms with Crippen molar-refractivity contribution in [2.45, 2.75) is 39.0 Å². The van der Waals surface area contributed by atoms with E-state index in [2.05, 4.69) is 11.7 Å². The van der Waals surface area contributed by atoms with Crippen LogP contribution in [-0.2, 0) is 19.1 Å². The average molecular weight is 469 g/mol. The van der Waals surface area contributed by atoms with E-state index in [1.807, 2.05) is 0 Å². The lowest BCUT2D eigenvalue weighted by atomic mass is 10.2. The summed E-state index contributed by atoms with van der Waals surface area (Å²) in [4.78, 5) is 47.2. The molecule has 0 aliphatic rings. The molecule has 0 aliphatic carbocycles. The van der Waals surface area contributed by atoms with Gasteiger partial charge in [0.15, 0.2) is 0 Å². The molecular formula is C26H28O8. The minimum absolute atomic E-state index is 0.194. The number of hydrogen-bond acceptors (Lipinski definition) is 8. The third-order valence-electron chi connectivity index (χ3n) is 4.64. The van der Waals surface area contributed by atoms with Crippen LogP contribution in [0.2, 0.25) is 0 Å². The summed E-state index contributed by atoms with van der Waals surface area (Å²) in [6.07, 6.45) is 7.16. The number of methoxy groups -OCH3 is 1. The Kier molecular flexibility index (Phi) is 11.0. The van der Waals surface area contributed by atoms with Gasteiger partial charge in [-0.2, -0.15) is 0 Å². The molecule has 0 saturated heterocycles. The molecule has 2 rings (SSSR count). The third-order valence-corrected chi connectivity index (χ3v) is 4.64. The molecule has 8 heteroatoms. The highest BCUT2D eigenvalue weighted by Crippen LogP contribution is 2.15. The first kappa shape index (κ1) is 26.3. The van der Waals surface area contributed by atoms with Crippen molar-refractivity contribution in [3.05, 3.63) is 71.8 Å². The molecular weight excluding hydrogens is 440 g/mol. The normalized spacial score (nSPS) is 10.5. The first-order valence-electron chi connectivity index (χ1n) is 11.0. The second kappa shape index (κ2) is 14.3. The van der Waals surface area contributed by atoms with E-state index < -0.39 is 23.9 Å². The van der Waals surface area contributed by atoms with Crippen LogP contribution in [0.15, 0.2) is 60.7 Å². The molecule has 34 heavy (non-hydrogen) atoms. The molecule has 0 radical (unpaired) electrons. The quantitative estimate of drug-likeness (QED) is 0.192. The number of esters is 4. The second-order valence-electron chi connectivity index (χ2n) is 7.27. The van der Waals surface area contributed by atoms with Crippen molar-refractivity contribution in [1.29, 1.82) is 0 Å². The van der Waals surface area contributed by atoms with E-state index in [0.717, 1.165) is 37.8 Å². The predicted octanol–water partition coefficient (Wildman–Crippen LogP) is 4.67. The van der Waals surface area contributed by atoms with Gasteiger partial charge in [-0.15, -0.1) is 0 Å². The molecule has 0 heterocycles. The van der Waals surface area contributed by atoms with E-state index in [0.29, 0.717) is 17.7 Å². The fourth-order valence-corrected chi connectivity index (χ4v) is 2.83. The van der Waals surface area contributed by atoms with Crippen LogP contribution in [0.3, 0.4) is 0 Å². The largest absolute Gasteiger partial charge is 0.465 e. The fourth-order valence-electron chi connectivity index (χ4n) is 2.83. The Morgan fingerprint density at radius 1 is 0.676 bits per heavy atom. The van der Waals surface area contributed by atoms with Gasteiger partial charge in [0.1, 0.15) is 11.5 Å². The molecule has 0 atom stereocenters. The first-order valence-corrected chi connectivity index (χ1v) is 11.0. The summed E-state index contributed by atoms with van der Waals surface area (Å²) in [5.74, 6) is -2.13. The molecule has 0 unspecified atom stereocenters. The molecule has 0 N–H and O–H groups in total. The summed E-state index contributed by atoms with van der Waals surface area (Å²) in [5.41, 5.74) is 0.661. The van der Waals surface area contributed by atoms with Gasteiger partial charge in [0.25, 0.3) is 0 Å². The van der Waals surface area contributed by atoms with Crippen LogP contribution in [0.25, 0.3) is 0 Å². The SMILES string of the molecule is CCCCCCCOC(=O)c1ccc(OC(=O)C=CC(=O)Oc2ccc(C(=O)OC)cc2)cc1. The van der Waals surface area contributed by atoms with Gasteiger partial charge in [-0.1, -0.05) is 32.6 Å². The monoisotopic (exact) mass is 468 g/mol. The maximum atomic E-state index is 12.0. The molecule has 0 saturated carbocycles. The average Bonchev–Trinajstić information content (AvgIpc) is 2.85. The minimum atomic E-state index is -0.796. The zero-order valence-corrected chi connectivity index (χ0v) is 19.3. The van der Waals surface area contributed by atoms with Gasteiger partial charge in [-0.3, -0.25) is 0 Å². The molecule has 0 fully saturated rings. The van der Waals surface area contributed by atoms with Crippen molar-refractivity contribution < 1.29 is 38.1 Å². The Morgan fingerprint density at radius 2 is 1.15 bits per heavy atom. The van der Waals surface area contributed by atoms with Crippen LogP contribution in [0.4, 0.5) is 0 Å². The van der Waals surface area contributed by atoms with E-state index >= 15 is 0 Å². The first-order chi connectivity index (χ1) is 16.4. The van der Waals surface area contributed by atoms with Crippen molar-refractivity contribution in [1.82, 2.24) is 0 Å². The van der Waals surface area contributed by atoms with Crippen LogP contribution in [0, 0.1) is 0 Å². The van der Waals surface area contributed by atoms with Gasteiger partial charge in [0, 0.05) is 12.2 Å². The summed E-state index contributed by atoms with van der Waals surface area (Å²) >= 11 is 0. The number of carbonyl (C=O) groups excluding carboxylic acids is 4. The molecule has 2 aromatic carbocycles. The van der Waals surface area contributed by atoms with Crippen molar-refractivity contribution in [3.8, 4) is 11.5 Å². The Bertz CT molecular complexity index is 990. The molecule has 8 nitrogen and oxygen atoms in total. The van der Waals surface area contributed by atoms with Crippen LogP contribution in [0.5, 0.6) is 11.5 Å². The molecule has 0 bridgehead atoms. The molecule has 0 aliphatic heterocycles. The molecule has 180 valence electrons. The summed E-state index contributed by atoms with van der Waals surface area (Å²) in [6, 6.07) is 11.7. The maximum Gasteiger partial charge on any atom is 0.338 e. The van der Waals surface area contributed by atoms with Crippen molar-refractivity contribution in [2.24, 2.45) is 0 Å². The summed E-state index contributed by atoms with van der Waals surface area (Å²) < 4.78 is 20.0. The van der Waals surface area contributed by atoms with Crippen LogP contribution < -0.4 is 9.47 Å². The number of unbranched alkanes of at least 4 members (excludes halogenated alkanes) is 4. The van der Waals surface area contributed by atoms with E-state index in [-0.39, 0.29) is 11.5 Å². The molecule has 0 spiro atoms. The molecule has 0 amide bonds. The Labute approximate surface area is 198 Å². The number of carbonyl (C=O) groups is 4. The highest BCUT2D eigenvalue weighted by molar-refractivity contribution is 5.94. The van der Waals surface area contributed by atoms with Crippen LogP contribution >= 0.6 is 0 Å². The van der Waals surface area contributed by atoms with Crippen molar-refractivity contribution in [3.63, 3.8) is 0 Å². The van der Waals surface area contributed by atoms with E-state index in [9.17, 15) is 19.2 Å². The lowest BCUT2D eigenvalue weighted by Crippen LogP contribution is -2.09. The number of benzene rings is 2. The van der Waals surface area contributed by atoms with E-state index in [1.54, 1.807) is 0 Å². The summed E-state index contributed by atoms with van der Waals surface area (Å²) in [7, 11) is 1.26. The van der Waals surface area contributed by atoms with Gasteiger partial charge in [0.05, 0.1) is 24.8 Å². The zero-order chi connectivity index (χ0) is 24.8. The van der Waals surface area contributed by atoms with Gasteiger partial charge in [0.2, 0.25) is 0 Å². The number of ether oxygens (including phenoxy) is 4. The minimum Gasteiger partial charge on any atom is -0.465 e. The Balaban J connectivity index is 1.76. The standard InChI is InChI=1S/C26H28O8/c1-3-4-5-6-7-18-32-26(30)20-10-14-22(15-11-20)34-24(28)17-16-23(27)33-21-12-8-19(9-13-21)25(29)31-2/h8-17H,3-7,18H2,1-2H3. The maximum absolute atomic E-state index is 12.0. The van der Waals surface area contributed by atoms with Crippen molar-refractivity contribution in [2.75, 3.05) is 13.7 Å². The van der Waals surface area contributed by atoms with Gasteiger partial charge >= 0.3 is 23.9 Å². The predicted molar refractivity (Wildman–Crippen MR) is 124 cm³/mol. The van der Waals surface area contributed by atoms with Crippen LogP contribution in [-0.4, -0.2) is 37.6 Å². The topological polar surface area (TPSA) is 105 Å². The Hall–Kier alpha value is -3.94. The smallest absolute Gasteiger partial charge is 0.338 e. The van der Waals surface area contributed by atoms with Gasteiger partial charge in [-0.25, -0.2) is 19.2 Å². The van der Waals surface area contributed by atoms with E-state index in [1.165, 1.54) is 62.1 Å². The third kappa shape index (κ3) is 9.28. The molecule has 0 aromatic heterocycles. The van der Waals surface area contributed by atoms with Gasteiger partial charge in [-0.05, 0) is 55.0 Å². The fraction of sp³-hybridized carbons (Fsp3) is 0.308. The lowest BCUT2D eigenvalue weighted by Gasteiger charge is -2.06. The van der Waals surface area contributed by atoms with E-state index in [4.69, 9.17) is 14.2 Å². The number of rotatable bonds is 12. The molecule has 2 aromatic rings. The zero-order valence-electron chi connectivity index (χ0n) is 19.3. The highest BCUT2D eigenvalue weighted by Gasteiger charge is 2.09.